The van der Waals surface area contributed by atoms with Gasteiger partial charge in [0.15, 0.2) is 11.5 Å². The molecule has 0 unspecified atom stereocenters. The zero-order chi connectivity index (χ0) is 25.0. The summed E-state index contributed by atoms with van der Waals surface area (Å²) < 4.78 is 3.84. The third-order valence-corrected chi connectivity index (χ3v) is 7.33. The summed E-state index contributed by atoms with van der Waals surface area (Å²) in [5.41, 5.74) is 6.57. The van der Waals surface area contributed by atoms with Gasteiger partial charge >= 0.3 is 0 Å². The summed E-state index contributed by atoms with van der Waals surface area (Å²) in [4.78, 5) is 7.38. The van der Waals surface area contributed by atoms with Crippen LogP contribution in [0.15, 0.2) is 79.1 Å². The molecule has 1 aliphatic rings. The molecular weight excluding hydrogens is 480 g/mol. The molecule has 0 N–H and O–H groups in total. The van der Waals surface area contributed by atoms with Crippen LogP contribution in [0.1, 0.15) is 41.8 Å². The van der Waals surface area contributed by atoms with Crippen molar-refractivity contribution in [2.24, 2.45) is 0 Å². The van der Waals surface area contributed by atoms with E-state index >= 15 is 0 Å². The van der Waals surface area contributed by atoms with Gasteiger partial charge in [-0.2, -0.15) is 10.2 Å². The van der Waals surface area contributed by atoms with Gasteiger partial charge in [-0.25, -0.2) is 9.50 Å². The van der Waals surface area contributed by atoms with Crippen LogP contribution in [-0.4, -0.2) is 48.9 Å². The first-order chi connectivity index (χ1) is 18.2. The molecule has 0 radical (unpaired) electrons. The molecule has 6 rings (SSSR count). The van der Waals surface area contributed by atoms with E-state index in [4.69, 9.17) is 21.7 Å². The molecular formula is C30H31ClN6. The lowest BCUT2D eigenvalue weighted by atomic mass is 10.1. The molecule has 0 amide bonds. The molecule has 3 aromatic heterocycles. The van der Waals surface area contributed by atoms with E-state index in [0.29, 0.717) is 13.0 Å². The molecule has 5 aromatic rings. The van der Waals surface area contributed by atoms with Crippen LogP contribution < -0.4 is 0 Å². The van der Waals surface area contributed by atoms with Gasteiger partial charge in [0.2, 0.25) is 0 Å². The summed E-state index contributed by atoms with van der Waals surface area (Å²) in [7, 11) is 0. The Hall–Kier alpha value is -3.48. The molecule has 0 bridgehead atoms. The van der Waals surface area contributed by atoms with Crippen molar-refractivity contribution >= 4 is 17.2 Å². The fourth-order valence-corrected chi connectivity index (χ4v) is 5.38. The van der Waals surface area contributed by atoms with Crippen LogP contribution in [0.3, 0.4) is 0 Å². The highest BCUT2D eigenvalue weighted by molar-refractivity contribution is 6.30. The highest BCUT2D eigenvalue weighted by Crippen LogP contribution is 2.21. The summed E-state index contributed by atoms with van der Waals surface area (Å²) in [6.45, 7) is 4.43. The van der Waals surface area contributed by atoms with Crippen molar-refractivity contribution in [2.45, 2.75) is 38.6 Å². The van der Waals surface area contributed by atoms with E-state index in [0.717, 1.165) is 39.7 Å². The number of nitrogens with zero attached hydrogens (tertiary/aromatic N) is 6. The minimum absolute atomic E-state index is 0.660. The summed E-state index contributed by atoms with van der Waals surface area (Å²) >= 11 is 6.14. The Morgan fingerprint density at radius 3 is 2.51 bits per heavy atom. The lowest BCUT2D eigenvalue weighted by Crippen LogP contribution is -2.20. The first kappa shape index (κ1) is 23.9. The van der Waals surface area contributed by atoms with Gasteiger partial charge < -0.3 is 4.90 Å². The monoisotopic (exact) mass is 510 g/mol. The smallest absolute Gasteiger partial charge is 0.156 e. The lowest BCUT2D eigenvalue weighted by Gasteiger charge is -2.13. The molecule has 2 aromatic carbocycles. The van der Waals surface area contributed by atoms with E-state index in [1.165, 1.54) is 50.0 Å². The number of aryl methyl sites for hydroxylation is 1. The van der Waals surface area contributed by atoms with E-state index in [2.05, 4.69) is 46.4 Å². The van der Waals surface area contributed by atoms with Gasteiger partial charge in [-0.15, -0.1) is 0 Å². The average Bonchev–Trinajstić information content (AvgIpc) is 3.66. The quantitative estimate of drug-likeness (QED) is 0.247. The fraction of sp³-hybridized carbons (Fsp3) is 0.300. The number of halogens is 1. The average molecular weight is 511 g/mol. The molecule has 1 fully saturated rings. The van der Waals surface area contributed by atoms with Crippen LogP contribution in [-0.2, 0) is 19.4 Å². The van der Waals surface area contributed by atoms with Crippen molar-refractivity contribution in [3.63, 3.8) is 0 Å². The third kappa shape index (κ3) is 5.76. The van der Waals surface area contributed by atoms with E-state index in [9.17, 15) is 0 Å². The lowest BCUT2D eigenvalue weighted by molar-refractivity contribution is 0.334. The molecule has 37 heavy (non-hydrogen) atoms. The highest BCUT2D eigenvalue weighted by atomic mass is 35.5. The third-order valence-electron chi connectivity index (χ3n) is 7.09. The summed E-state index contributed by atoms with van der Waals surface area (Å²) in [6.07, 6.45) is 9.72. The first-order valence-corrected chi connectivity index (χ1v) is 13.5. The van der Waals surface area contributed by atoms with E-state index < -0.39 is 0 Å². The topological polar surface area (TPSA) is 51.2 Å². The Morgan fingerprint density at radius 2 is 1.68 bits per heavy atom. The normalized spacial score (nSPS) is 14.1. The van der Waals surface area contributed by atoms with Crippen LogP contribution in [0.2, 0.25) is 5.02 Å². The number of aromatic nitrogens is 5. The zero-order valence-electron chi connectivity index (χ0n) is 20.9. The van der Waals surface area contributed by atoms with Gasteiger partial charge in [0.1, 0.15) is 0 Å². The molecule has 0 spiro atoms. The SMILES string of the molecule is Clc1cccc(Cn2cc(-c3cccc4nc(Cc5ccc(CCCN6CCCC6)cc5)nn34)cn2)c1. The van der Waals surface area contributed by atoms with Crippen molar-refractivity contribution < 1.29 is 0 Å². The predicted octanol–water partition coefficient (Wildman–Crippen LogP) is 5.91. The van der Waals surface area contributed by atoms with Gasteiger partial charge in [0.25, 0.3) is 0 Å². The Labute approximate surface area is 222 Å². The van der Waals surface area contributed by atoms with Crippen molar-refractivity contribution in [2.75, 3.05) is 19.6 Å². The molecule has 4 heterocycles. The summed E-state index contributed by atoms with van der Waals surface area (Å²) in [6, 6.07) is 22.9. The van der Waals surface area contributed by atoms with Gasteiger partial charge in [0, 0.05) is 23.2 Å². The minimum atomic E-state index is 0.660. The van der Waals surface area contributed by atoms with Crippen molar-refractivity contribution in [1.82, 2.24) is 29.3 Å². The Morgan fingerprint density at radius 1 is 0.865 bits per heavy atom. The Kier molecular flexibility index (Phi) is 7.02. The molecule has 7 heteroatoms. The van der Waals surface area contributed by atoms with Crippen LogP contribution in [0.25, 0.3) is 16.9 Å². The molecule has 1 aliphatic heterocycles. The second-order valence-electron chi connectivity index (χ2n) is 9.91. The number of fused-ring (bicyclic) bond motifs is 1. The summed E-state index contributed by atoms with van der Waals surface area (Å²) in [5, 5.41) is 10.1. The largest absolute Gasteiger partial charge is 0.303 e. The van der Waals surface area contributed by atoms with Gasteiger partial charge in [-0.1, -0.05) is 54.1 Å². The number of hydrogen-bond acceptors (Lipinski definition) is 4. The van der Waals surface area contributed by atoms with Crippen molar-refractivity contribution in [3.05, 3.63) is 107 Å². The molecule has 0 atom stereocenters. The molecule has 6 nitrogen and oxygen atoms in total. The maximum Gasteiger partial charge on any atom is 0.156 e. The molecule has 0 aliphatic carbocycles. The van der Waals surface area contributed by atoms with Crippen LogP contribution in [0.4, 0.5) is 0 Å². The minimum Gasteiger partial charge on any atom is -0.303 e. The Balaban J connectivity index is 1.13. The maximum absolute atomic E-state index is 6.14. The molecule has 0 saturated carbocycles. The van der Waals surface area contributed by atoms with Crippen molar-refractivity contribution in [1.29, 1.82) is 0 Å². The van der Waals surface area contributed by atoms with E-state index in [-0.39, 0.29) is 0 Å². The van der Waals surface area contributed by atoms with Gasteiger partial charge in [-0.05, 0) is 86.3 Å². The standard InChI is InChI=1S/C30H31ClN6/c31-27-8-3-6-25(18-27)21-36-22-26(20-32-36)28-9-4-10-30-33-29(34-37(28)30)19-24-13-11-23(12-14-24)7-5-17-35-15-1-2-16-35/h3-4,6,8-14,18,20,22H,1-2,5,7,15-17,19,21H2. The second-order valence-corrected chi connectivity index (χ2v) is 10.3. The van der Waals surface area contributed by atoms with Gasteiger partial charge in [0.05, 0.1) is 18.4 Å². The number of hydrogen-bond donors (Lipinski definition) is 0. The predicted molar refractivity (Wildman–Crippen MR) is 148 cm³/mol. The number of benzene rings is 2. The summed E-state index contributed by atoms with van der Waals surface area (Å²) in [5.74, 6) is 0.820. The van der Waals surface area contributed by atoms with E-state index in [1.807, 2.05) is 51.9 Å². The highest BCUT2D eigenvalue weighted by Gasteiger charge is 2.12. The number of likely N-dealkylation sites (tertiary alicyclic amines) is 1. The van der Waals surface area contributed by atoms with Crippen molar-refractivity contribution in [3.8, 4) is 11.3 Å². The fourth-order valence-electron chi connectivity index (χ4n) is 5.17. The van der Waals surface area contributed by atoms with Crippen LogP contribution >= 0.6 is 11.6 Å². The number of rotatable bonds is 9. The van der Waals surface area contributed by atoms with E-state index in [1.54, 1.807) is 0 Å². The first-order valence-electron chi connectivity index (χ1n) is 13.1. The zero-order valence-corrected chi connectivity index (χ0v) is 21.7. The van der Waals surface area contributed by atoms with Crippen LogP contribution in [0, 0.1) is 0 Å². The molecule has 188 valence electrons. The number of pyridine rings is 1. The van der Waals surface area contributed by atoms with Gasteiger partial charge in [-0.3, -0.25) is 4.68 Å². The second kappa shape index (κ2) is 10.9. The van der Waals surface area contributed by atoms with Crippen LogP contribution in [0.5, 0.6) is 0 Å². The maximum atomic E-state index is 6.14. The Bertz CT molecular complexity index is 1480. The molecule has 1 saturated heterocycles.